The van der Waals surface area contributed by atoms with Crippen LogP contribution in [0.2, 0.25) is 5.02 Å². The van der Waals surface area contributed by atoms with Crippen LogP contribution in [0.25, 0.3) is 11.0 Å². The van der Waals surface area contributed by atoms with E-state index in [1.807, 2.05) is 28.8 Å². The molecule has 3 aromatic rings. The van der Waals surface area contributed by atoms with Crippen LogP contribution in [0, 0.1) is 0 Å². The van der Waals surface area contributed by atoms with Gasteiger partial charge in [0.05, 0.1) is 36.8 Å². The number of anilines is 2. The molecule has 1 aliphatic heterocycles. The molecule has 0 saturated carbocycles. The molecule has 0 radical (unpaired) electrons. The predicted molar refractivity (Wildman–Crippen MR) is 99.3 cm³/mol. The fraction of sp³-hybridized carbons (Fsp3) is 0.278. The number of nitrogens with zero attached hydrogens (tertiary/aromatic N) is 2. The summed E-state index contributed by atoms with van der Waals surface area (Å²) in [5.74, 6) is 1.26. The summed E-state index contributed by atoms with van der Waals surface area (Å²) in [7, 11) is 0. The summed E-state index contributed by atoms with van der Waals surface area (Å²) in [5, 5.41) is 4.13. The van der Waals surface area contributed by atoms with E-state index < -0.39 is 0 Å². The van der Waals surface area contributed by atoms with E-state index in [1.165, 1.54) is 0 Å². The summed E-state index contributed by atoms with van der Waals surface area (Å²) in [6.45, 7) is 2.59. The first-order valence-corrected chi connectivity index (χ1v) is 8.55. The van der Waals surface area contributed by atoms with Gasteiger partial charge in [0.25, 0.3) is 0 Å². The second-order valence-corrected chi connectivity index (χ2v) is 6.44. The van der Waals surface area contributed by atoms with Crippen LogP contribution in [0.5, 0.6) is 5.75 Å². The van der Waals surface area contributed by atoms with Crippen LogP contribution in [0.4, 0.5) is 11.6 Å². The molecule has 1 aromatic heterocycles. The minimum atomic E-state index is 0.374. The number of benzene rings is 2. The van der Waals surface area contributed by atoms with Gasteiger partial charge in [0.2, 0.25) is 5.95 Å². The van der Waals surface area contributed by atoms with Crippen LogP contribution in [0.15, 0.2) is 42.5 Å². The minimum Gasteiger partial charge on any atom is -0.492 e. The predicted octanol–water partition coefficient (Wildman–Crippen LogP) is 3.16. The largest absolute Gasteiger partial charge is 0.492 e. The van der Waals surface area contributed by atoms with Crippen molar-refractivity contribution in [3.63, 3.8) is 0 Å². The molecule has 7 heteroatoms. The van der Waals surface area contributed by atoms with Gasteiger partial charge in [-0.25, -0.2) is 4.98 Å². The lowest BCUT2D eigenvalue weighted by Gasteiger charge is -2.27. The second kappa shape index (κ2) is 6.82. The highest BCUT2D eigenvalue weighted by Crippen LogP contribution is 2.23. The Hall–Kier alpha value is -2.44. The van der Waals surface area contributed by atoms with Crippen LogP contribution in [-0.2, 0) is 11.3 Å². The van der Waals surface area contributed by atoms with E-state index in [2.05, 4.69) is 16.4 Å². The average molecular weight is 359 g/mol. The minimum absolute atomic E-state index is 0.374. The molecule has 2 aromatic carbocycles. The van der Waals surface area contributed by atoms with Gasteiger partial charge in [-0.3, -0.25) is 0 Å². The number of rotatable bonds is 6. The van der Waals surface area contributed by atoms with Crippen molar-refractivity contribution in [2.75, 3.05) is 30.9 Å². The molecule has 1 aliphatic rings. The maximum absolute atomic E-state index is 6.08. The molecule has 1 fully saturated rings. The van der Waals surface area contributed by atoms with Crippen LogP contribution in [0.1, 0.15) is 0 Å². The number of hydrogen-bond acceptors (Lipinski definition) is 5. The number of fused-ring (bicyclic) bond motifs is 1. The fourth-order valence-corrected chi connectivity index (χ4v) is 2.93. The zero-order chi connectivity index (χ0) is 17.2. The molecule has 25 heavy (non-hydrogen) atoms. The van der Waals surface area contributed by atoms with Crippen molar-refractivity contribution < 1.29 is 9.47 Å². The number of aromatic nitrogens is 2. The van der Waals surface area contributed by atoms with Gasteiger partial charge < -0.3 is 25.1 Å². The van der Waals surface area contributed by atoms with E-state index in [9.17, 15) is 0 Å². The van der Waals surface area contributed by atoms with Gasteiger partial charge in [-0.2, -0.15) is 0 Å². The summed E-state index contributed by atoms with van der Waals surface area (Å²) < 4.78 is 12.9. The number of halogens is 1. The summed E-state index contributed by atoms with van der Waals surface area (Å²) in [4.78, 5) is 4.42. The lowest BCUT2D eigenvalue weighted by Crippen LogP contribution is -2.40. The Morgan fingerprint density at radius 3 is 2.76 bits per heavy atom. The summed E-state index contributed by atoms with van der Waals surface area (Å²) in [6.07, 6.45) is 0. The highest BCUT2D eigenvalue weighted by atomic mass is 35.5. The molecule has 2 heterocycles. The Bertz CT molecular complexity index is 875. The topological polar surface area (TPSA) is 74.3 Å². The van der Waals surface area contributed by atoms with Crippen LogP contribution in [0.3, 0.4) is 0 Å². The summed E-state index contributed by atoms with van der Waals surface area (Å²) >= 11 is 5.88. The maximum Gasteiger partial charge on any atom is 0.201 e. The third-order valence-corrected chi connectivity index (χ3v) is 4.44. The Labute approximate surface area is 150 Å². The molecule has 0 bridgehead atoms. The van der Waals surface area contributed by atoms with E-state index in [0.29, 0.717) is 30.2 Å². The van der Waals surface area contributed by atoms with Crippen LogP contribution >= 0.6 is 11.6 Å². The molecule has 0 spiro atoms. The first-order valence-electron chi connectivity index (χ1n) is 8.17. The third kappa shape index (κ3) is 3.50. The molecule has 0 unspecified atom stereocenters. The number of ether oxygens (including phenoxy) is 2. The van der Waals surface area contributed by atoms with E-state index in [4.69, 9.17) is 26.8 Å². The smallest absolute Gasteiger partial charge is 0.201 e. The van der Waals surface area contributed by atoms with E-state index in [1.54, 1.807) is 12.1 Å². The summed E-state index contributed by atoms with van der Waals surface area (Å²) in [5.41, 5.74) is 8.98. The van der Waals surface area contributed by atoms with Crippen LogP contribution < -0.4 is 15.8 Å². The van der Waals surface area contributed by atoms with Gasteiger partial charge in [-0.15, -0.1) is 0 Å². The Balaban J connectivity index is 1.48. The van der Waals surface area contributed by atoms with Gasteiger partial charge in [0.1, 0.15) is 12.4 Å². The number of nitrogens with one attached hydrogen (secondary N) is 1. The summed E-state index contributed by atoms with van der Waals surface area (Å²) in [6, 6.07) is 13.7. The van der Waals surface area contributed by atoms with Crippen molar-refractivity contribution in [2.24, 2.45) is 0 Å². The quantitative estimate of drug-likeness (QED) is 0.708. The van der Waals surface area contributed by atoms with E-state index in [0.717, 1.165) is 35.7 Å². The Kier molecular flexibility index (Phi) is 4.38. The Morgan fingerprint density at radius 1 is 1.24 bits per heavy atom. The van der Waals surface area contributed by atoms with Crippen molar-refractivity contribution in [2.45, 2.75) is 12.6 Å². The number of imidazole rings is 1. The zero-order valence-corrected chi connectivity index (χ0v) is 14.4. The highest BCUT2D eigenvalue weighted by molar-refractivity contribution is 6.30. The van der Waals surface area contributed by atoms with Gasteiger partial charge in [-0.1, -0.05) is 11.6 Å². The van der Waals surface area contributed by atoms with Crippen molar-refractivity contribution in [3.05, 3.63) is 47.5 Å². The van der Waals surface area contributed by atoms with Crippen molar-refractivity contribution in [3.8, 4) is 5.75 Å². The molecule has 6 nitrogen and oxygen atoms in total. The normalized spacial score (nSPS) is 14.4. The lowest BCUT2D eigenvalue weighted by molar-refractivity contribution is 0.0211. The fourth-order valence-electron chi connectivity index (χ4n) is 2.81. The van der Waals surface area contributed by atoms with Gasteiger partial charge in [0.15, 0.2) is 0 Å². The molecule has 3 N–H and O–H groups in total. The second-order valence-electron chi connectivity index (χ2n) is 6.01. The first-order chi connectivity index (χ1) is 12.2. The van der Waals surface area contributed by atoms with Gasteiger partial charge >= 0.3 is 0 Å². The van der Waals surface area contributed by atoms with Crippen molar-refractivity contribution >= 4 is 34.3 Å². The molecule has 4 rings (SSSR count). The SMILES string of the molecule is Nc1nc2ccc(NC3COC3)cc2n1CCOc1ccc(Cl)cc1. The molecule has 0 atom stereocenters. The standard InChI is InChI=1S/C18H19ClN4O2/c19-12-1-4-15(5-2-12)25-8-7-23-17-9-13(21-14-10-24-11-14)3-6-16(17)22-18(23)20/h1-6,9,14,21H,7-8,10-11H2,(H2,20,22). The van der Waals surface area contributed by atoms with Gasteiger partial charge in [0, 0.05) is 10.7 Å². The zero-order valence-electron chi connectivity index (χ0n) is 13.6. The van der Waals surface area contributed by atoms with E-state index >= 15 is 0 Å². The first kappa shape index (κ1) is 16.1. The maximum atomic E-state index is 6.08. The Morgan fingerprint density at radius 2 is 2.04 bits per heavy atom. The molecular weight excluding hydrogens is 340 g/mol. The average Bonchev–Trinajstić information content (AvgIpc) is 2.88. The number of nitrogens with two attached hydrogens (primary N) is 1. The molecule has 0 amide bonds. The van der Waals surface area contributed by atoms with Crippen molar-refractivity contribution in [1.82, 2.24) is 9.55 Å². The monoisotopic (exact) mass is 358 g/mol. The molecule has 130 valence electrons. The van der Waals surface area contributed by atoms with Crippen molar-refractivity contribution in [1.29, 1.82) is 0 Å². The lowest BCUT2D eigenvalue weighted by atomic mass is 10.2. The van der Waals surface area contributed by atoms with Crippen LogP contribution in [-0.4, -0.2) is 35.4 Å². The van der Waals surface area contributed by atoms with E-state index in [-0.39, 0.29) is 0 Å². The highest BCUT2D eigenvalue weighted by Gasteiger charge is 2.18. The molecular formula is C18H19ClN4O2. The number of nitrogen functional groups attached to an aromatic ring is 1. The molecule has 1 saturated heterocycles. The number of hydrogen-bond donors (Lipinski definition) is 2. The third-order valence-electron chi connectivity index (χ3n) is 4.18. The molecule has 0 aliphatic carbocycles. The van der Waals surface area contributed by atoms with Gasteiger partial charge in [-0.05, 0) is 42.5 Å².